The molecule has 2 fully saturated rings. The molecule has 2 aromatic carbocycles. The summed E-state index contributed by atoms with van der Waals surface area (Å²) in [6.07, 6.45) is 1.51. The van der Waals surface area contributed by atoms with E-state index in [1.807, 2.05) is 61.6 Å². The molecule has 5 N–H and O–H groups in total. The monoisotopic (exact) mass is 402 g/mol. The summed E-state index contributed by atoms with van der Waals surface area (Å²) in [6, 6.07) is 17.6. The second-order valence-electron chi connectivity index (χ2n) is 7.94. The van der Waals surface area contributed by atoms with Gasteiger partial charge < -0.3 is 26.4 Å². The number of nitrogens with two attached hydrogens (primary N) is 1. The minimum absolute atomic E-state index is 0.210. The number of para-hydroxylation sites is 1. The lowest BCUT2D eigenvalue weighted by Gasteiger charge is -2.17. The first-order chi connectivity index (χ1) is 14.7. The summed E-state index contributed by atoms with van der Waals surface area (Å²) in [5.41, 5.74) is 8.23. The lowest BCUT2D eigenvalue weighted by molar-refractivity contribution is 0.483. The molecule has 1 saturated carbocycles. The van der Waals surface area contributed by atoms with E-state index in [1.54, 1.807) is 0 Å². The summed E-state index contributed by atoms with van der Waals surface area (Å²) >= 11 is 0. The van der Waals surface area contributed by atoms with Crippen molar-refractivity contribution in [1.29, 1.82) is 0 Å². The number of hydrogen-bond acceptors (Lipinski definition) is 7. The van der Waals surface area contributed by atoms with Gasteiger partial charge in [-0.1, -0.05) is 30.3 Å². The SMILES string of the molecule is CNC12CNCC1C2CNc1ncnc(N)c1-c1ccc(Oc2ccccc2)cc1. The summed E-state index contributed by atoms with van der Waals surface area (Å²) < 4.78 is 5.89. The quantitative estimate of drug-likeness (QED) is 0.482. The number of nitrogens with one attached hydrogen (secondary N) is 3. The van der Waals surface area contributed by atoms with Crippen molar-refractivity contribution in [3.05, 3.63) is 60.9 Å². The van der Waals surface area contributed by atoms with E-state index < -0.39 is 0 Å². The molecule has 7 heteroatoms. The predicted molar refractivity (Wildman–Crippen MR) is 119 cm³/mol. The zero-order valence-corrected chi connectivity index (χ0v) is 16.9. The van der Waals surface area contributed by atoms with Gasteiger partial charge in [0.05, 0.1) is 5.56 Å². The fraction of sp³-hybridized carbons (Fsp3) is 0.304. The van der Waals surface area contributed by atoms with Gasteiger partial charge in [-0.25, -0.2) is 9.97 Å². The van der Waals surface area contributed by atoms with E-state index in [0.717, 1.165) is 48.1 Å². The van der Waals surface area contributed by atoms with Gasteiger partial charge >= 0.3 is 0 Å². The van der Waals surface area contributed by atoms with Crippen molar-refractivity contribution in [2.45, 2.75) is 5.54 Å². The fourth-order valence-corrected chi connectivity index (χ4v) is 4.75. The topological polar surface area (TPSA) is 97.1 Å². The molecule has 30 heavy (non-hydrogen) atoms. The molecule has 0 spiro atoms. The lowest BCUT2D eigenvalue weighted by Crippen LogP contribution is -2.38. The van der Waals surface area contributed by atoms with Crippen LogP contribution in [0.4, 0.5) is 11.6 Å². The number of anilines is 2. The molecule has 3 atom stereocenters. The second-order valence-corrected chi connectivity index (χ2v) is 7.94. The van der Waals surface area contributed by atoms with Gasteiger partial charge in [-0.3, -0.25) is 0 Å². The van der Waals surface area contributed by atoms with E-state index >= 15 is 0 Å². The van der Waals surface area contributed by atoms with Crippen molar-refractivity contribution in [3.63, 3.8) is 0 Å². The highest BCUT2D eigenvalue weighted by molar-refractivity contribution is 5.83. The largest absolute Gasteiger partial charge is 0.457 e. The van der Waals surface area contributed by atoms with Gasteiger partial charge in [0, 0.05) is 31.1 Å². The summed E-state index contributed by atoms with van der Waals surface area (Å²) in [5.74, 6) is 4.04. The van der Waals surface area contributed by atoms with Crippen LogP contribution in [0.15, 0.2) is 60.9 Å². The molecule has 3 unspecified atom stereocenters. The first-order valence-electron chi connectivity index (χ1n) is 10.3. The number of nitrogen functional groups attached to an aromatic ring is 1. The molecule has 1 aliphatic carbocycles. The molecule has 0 amide bonds. The van der Waals surface area contributed by atoms with Crippen LogP contribution in [0, 0.1) is 11.8 Å². The van der Waals surface area contributed by atoms with E-state index in [9.17, 15) is 0 Å². The highest BCUT2D eigenvalue weighted by Crippen LogP contribution is 2.52. The van der Waals surface area contributed by atoms with Gasteiger partial charge in [-0.2, -0.15) is 0 Å². The van der Waals surface area contributed by atoms with Crippen LogP contribution in [0.1, 0.15) is 0 Å². The third kappa shape index (κ3) is 3.26. The molecule has 1 aliphatic heterocycles. The van der Waals surface area contributed by atoms with E-state index in [4.69, 9.17) is 10.5 Å². The number of likely N-dealkylation sites (N-methyl/N-ethyl adjacent to an activating group) is 1. The van der Waals surface area contributed by atoms with E-state index in [2.05, 4.69) is 25.9 Å². The maximum Gasteiger partial charge on any atom is 0.139 e. The van der Waals surface area contributed by atoms with Crippen LogP contribution in [-0.4, -0.2) is 42.2 Å². The average Bonchev–Trinajstić information content (AvgIpc) is 3.16. The maximum atomic E-state index is 6.24. The highest BCUT2D eigenvalue weighted by Gasteiger charge is 2.65. The number of ether oxygens (including phenoxy) is 1. The zero-order valence-electron chi connectivity index (χ0n) is 16.9. The Morgan fingerprint density at radius 3 is 2.60 bits per heavy atom. The Morgan fingerprint density at radius 2 is 1.87 bits per heavy atom. The van der Waals surface area contributed by atoms with Crippen molar-refractivity contribution in [2.24, 2.45) is 11.8 Å². The van der Waals surface area contributed by atoms with Crippen molar-refractivity contribution in [3.8, 4) is 22.6 Å². The van der Waals surface area contributed by atoms with Crippen LogP contribution in [0.2, 0.25) is 0 Å². The first-order valence-corrected chi connectivity index (χ1v) is 10.3. The molecule has 2 aliphatic rings. The summed E-state index contributed by atoms with van der Waals surface area (Å²) in [6.45, 7) is 2.93. The molecule has 2 heterocycles. The van der Waals surface area contributed by atoms with Crippen LogP contribution in [-0.2, 0) is 0 Å². The fourth-order valence-electron chi connectivity index (χ4n) is 4.75. The summed E-state index contributed by atoms with van der Waals surface area (Å²) in [5, 5.41) is 10.5. The van der Waals surface area contributed by atoms with Gasteiger partial charge in [0.15, 0.2) is 0 Å². The van der Waals surface area contributed by atoms with Gasteiger partial charge in [0.1, 0.15) is 29.5 Å². The molecule has 154 valence electrons. The Kier molecular flexibility index (Phi) is 4.77. The Labute approximate surface area is 176 Å². The standard InChI is InChI=1S/C23H26N6O/c1-25-23-13-26-11-18(23)19(23)12-27-22-20(21(24)28-14-29-22)15-7-9-17(10-8-15)30-16-5-3-2-4-6-16/h2-10,14,18-19,25-26H,11-13H2,1H3,(H3,24,27,28,29). The average molecular weight is 403 g/mol. The van der Waals surface area contributed by atoms with Crippen LogP contribution in [0.3, 0.4) is 0 Å². The Hall–Kier alpha value is -3.16. The molecular formula is C23H26N6O. The Bertz CT molecular complexity index is 1030. The number of piperidine rings is 1. The minimum Gasteiger partial charge on any atom is -0.457 e. The number of rotatable bonds is 7. The third-order valence-electron chi connectivity index (χ3n) is 6.44. The van der Waals surface area contributed by atoms with E-state index in [1.165, 1.54) is 6.33 Å². The zero-order chi connectivity index (χ0) is 20.6. The first kappa shape index (κ1) is 18.8. The third-order valence-corrected chi connectivity index (χ3v) is 6.44. The number of aromatic nitrogens is 2. The van der Waals surface area contributed by atoms with E-state index in [0.29, 0.717) is 17.7 Å². The molecule has 1 aromatic heterocycles. The number of hydrogen-bond donors (Lipinski definition) is 4. The minimum atomic E-state index is 0.210. The molecule has 0 radical (unpaired) electrons. The number of nitrogens with zero attached hydrogens (tertiary/aromatic N) is 2. The normalized spacial score (nSPS) is 24.3. The molecule has 7 nitrogen and oxygen atoms in total. The molecular weight excluding hydrogens is 376 g/mol. The second kappa shape index (κ2) is 7.59. The van der Waals surface area contributed by atoms with Crippen LogP contribution in [0.25, 0.3) is 11.1 Å². The highest BCUT2D eigenvalue weighted by atomic mass is 16.5. The summed E-state index contributed by atoms with van der Waals surface area (Å²) in [7, 11) is 2.05. The van der Waals surface area contributed by atoms with Crippen LogP contribution >= 0.6 is 0 Å². The van der Waals surface area contributed by atoms with Crippen molar-refractivity contribution in [2.75, 3.05) is 37.7 Å². The number of benzene rings is 2. The molecule has 0 bridgehead atoms. The maximum absolute atomic E-state index is 6.24. The van der Waals surface area contributed by atoms with Gasteiger partial charge in [-0.15, -0.1) is 0 Å². The van der Waals surface area contributed by atoms with Gasteiger partial charge in [0.25, 0.3) is 0 Å². The van der Waals surface area contributed by atoms with Gasteiger partial charge in [-0.05, 0) is 42.8 Å². The van der Waals surface area contributed by atoms with Crippen molar-refractivity contribution < 1.29 is 4.74 Å². The van der Waals surface area contributed by atoms with Crippen LogP contribution in [0.5, 0.6) is 11.5 Å². The smallest absolute Gasteiger partial charge is 0.139 e. The van der Waals surface area contributed by atoms with Gasteiger partial charge in [0.2, 0.25) is 0 Å². The summed E-state index contributed by atoms with van der Waals surface area (Å²) in [4.78, 5) is 8.69. The molecule has 3 aromatic rings. The Morgan fingerprint density at radius 1 is 1.10 bits per heavy atom. The predicted octanol–water partition coefficient (Wildman–Crippen LogP) is 2.74. The number of fused-ring (bicyclic) bond motifs is 1. The van der Waals surface area contributed by atoms with Crippen LogP contribution < -0.4 is 26.4 Å². The van der Waals surface area contributed by atoms with Crippen molar-refractivity contribution >= 4 is 11.6 Å². The Balaban J connectivity index is 1.33. The molecule has 1 saturated heterocycles. The lowest BCUT2D eigenvalue weighted by atomic mass is 10.1. The van der Waals surface area contributed by atoms with E-state index in [-0.39, 0.29) is 5.54 Å². The molecule has 5 rings (SSSR count). The van der Waals surface area contributed by atoms with Crippen molar-refractivity contribution in [1.82, 2.24) is 20.6 Å².